The van der Waals surface area contributed by atoms with Crippen LogP contribution in [0.4, 0.5) is 30.7 Å². The molecule has 0 aliphatic carbocycles. The third-order valence-electron chi connectivity index (χ3n) is 1.70. The van der Waals surface area contributed by atoms with Crippen LogP contribution in [0.25, 0.3) is 0 Å². The maximum atomic E-state index is 12.8. The van der Waals surface area contributed by atoms with Gasteiger partial charge in [0.25, 0.3) is 0 Å². The molecule has 0 aromatic heterocycles. The van der Waals surface area contributed by atoms with E-state index >= 15 is 0 Å². The van der Waals surface area contributed by atoms with Crippen LogP contribution in [0.5, 0.6) is 0 Å². The summed E-state index contributed by atoms with van der Waals surface area (Å²) >= 11 is 0. The Hall–Kier alpha value is -1.28. The molecule has 0 atom stereocenters. The number of hydrogen-bond acceptors (Lipinski definition) is 1. The Kier molecular flexibility index (Phi) is 4.19. The number of carbonyl (C=O) groups excluding carboxylic acids is 1. The van der Waals surface area contributed by atoms with E-state index in [9.17, 15) is 35.5 Å². The number of nitrogens with two attached hydrogens (primary N) is 1. The average Bonchev–Trinajstić information content (AvgIpc) is 1.97. The van der Waals surface area contributed by atoms with Gasteiger partial charge in [0.15, 0.2) is 0 Å². The number of rotatable bonds is 4. The molecule has 0 aromatic rings. The van der Waals surface area contributed by atoms with Gasteiger partial charge in [-0.15, -0.1) is 0 Å². The van der Waals surface area contributed by atoms with Gasteiger partial charge >= 0.3 is 18.0 Å². The molecular formula is C8H8F7NO. The lowest BCUT2D eigenvalue weighted by Gasteiger charge is -2.25. The van der Waals surface area contributed by atoms with E-state index in [4.69, 9.17) is 0 Å². The molecule has 0 rings (SSSR count). The lowest BCUT2D eigenvalue weighted by molar-refractivity contribution is -0.247. The number of allylic oxidation sites excluding steroid dienone is 1. The molecular weight excluding hydrogens is 259 g/mol. The van der Waals surface area contributed by atoms with Crippen molar-refractivity contribution >= 4 is 5.91 Å². The Balaban J connectivity index is 5.17. The zero-order valence-corrected chi connectivity index (χ0v) is 8.42. The highest BCUT2D eigenvalue weighted by molar-refractivity contribution is 5.91. The molecule has 2 nitrogen and oxygen atoms in total. The van der Waals surface area contributed by atoms with Gasteiger partial charge in [-0.1, -0.05) is 0 Å². The highest BCUT2D eigenvalue weighted by Crippen LogP contribution is 2.43. The van der Waals surface area contributed by atoms with Gasteiger partial charge in [-0.3, -0.25) is 4.79 Å². The van der Waals surface area contributed by atoms with E-state index in [-0.39, 0.29) is 0 Å². The van der Waals surface area contributed by atoms with E-state index in [0.29, 0.717) is 6.92 Å². The van der Waals surface area contributed by atoms with Gasteiger partial charge in [-0.05, 0) is 13.0 Å². The fourth-order valence-corrected chi connectivity index (χ4v) is 0.818. The first-order valence-electron chi connectivity index (χ1n) is 4.10. The third kappa shape index (κ3) is 4.61. The fraction of sp³-hybridized carbons (Fsp3) is 0.625. The first-order valence-corrected chi connectivity index (χ1v) is 4.10. The summed E-state index contributed by atoms with van der Waals surface area (Å²) in [6.07, 6.45) is -9.02. The highest BCUT2D eigenvalue weighted by Gasteiger charge is 2.59. The maximum Gasteiger partial charge on any atom is 0.395 e. The van der Waals surface area contributed by atoms with Crippen molar-refractivity contribution in [3.05, 3.63) is 11.6 Å². The van der Waals surface area contributed by atoms with Crippen molar-refractivity contribution in [3.63, 3.8) is 0 Å². The molecule has 0 aliphatic heterocycles. The van der Waals surface area contributed by atoms with Gasteiger partial charge in [0, 0.05) is 5.57 Å². The van der Waals surface area contributed by atoms with Crippen LogP contribution in [0.3, 0.4) is 0 Å². The normalized spacial score (nSPS) is 14.9. The molecule has 0 aliphatic rings. The molecule has 0 heterocycles. The Morgan fingerprint density at radius 2 is 1.53 bits per heavy atom. The molecule has 0 radical (unpaired) electrons. The van der Waals surface area contributed by atoms with Gasteiger partial charge in [-0.2, -0.15) is 30.7 Å². The molecule has 100 valence electrons. The number of amides is 1. The lowest BCUT2D eigenvalue weighted by Crippen LogP contribution is -2.43. The molecule has 9 heteroatoms. The van der Waals surface area contributed by atoms with E-state index in [1.807, 2.05) is 0 Å². The fourth-order valence-electron chi connectivity index (χ4n) is 0.818. The van der Waals surface area contributed by atoms with E-state index < -0.39 is 42.0 Å². The topological polar surface area (TPSA) is 43.1 Å². The number of carbonyl (C=O) groups is 1. The van der Waals surface area contributed by atoms with Crippen molar-refractivity contribution in [1.29, 1.82) is 0 Å². The zero-order chi connectivity index (χ0) is 14.1. The van der Waals surface area contributed by atoms with E-state index in [0.717, 1.165) is 0 Å². The Morgan fingerprint density at radius 1 is 1.12 bits per heavy atom. The summed E-state index contributed by atoms with van der Waals surface area (Å²) < 4.78 is 85.9. The molecule has 0 spiro atoms. The minimum Gasteiger partial charge on any atom is -0.366 e. The van der Waals surface area contributed by atoms with Gasteiger partial charge in [0.05, 0.1) is 0 Å². The predicted molar refractivity (Wildman–Crippen MR) is 43.5 cm³/mol. The summed E-state index contributed by atoms with van der Waals surface area (Å²) in [6, 6.07) is 0. The molecule has 0 saturated carbocycles. The minimum absolute atomic E-state index is 0.568. The smallest absolute Gasteiger partial charge is 0.366 e. The van der Waals surface area contributed by atoms with Crippen LogP contribution in [0.15, 0.2) is 11.6 Å². The number of halogens is 7. The molecule has 0 saturated heterocycles. The maximum absolute atomic E-state index is 12.8. The van der Waals surface area contributed by atoms with Crippen molar-refractivity contribution in [1.82, 2.24) is 0 Å². The van der Waals surface area contributed by atoms with Crippen molar-refractivity contribution in [2.45, 2.75) is 31.4 Å². The Bertz CT molecular complexity index is 331. The van der Waals surface area contributed by atoms with Crippen LogP contribution >= 0.6 is 0 Å². The molecule has 0 aromatic carbocycles. The number of hydrogen-bond donors (Lipinski definition) is 1. The monoisotopic (exact) mass is 267 g/mol. The van der Waals surface area contributed by atoms with Crippen molar-refractivity contribution in [2.75, 3.05) is 0 Å². The van der Waals surface area contributed by atoms with Crippen LogP contribution in [-0.4, -0.2) is 23.9 Å². The lowest BCUT2D eigenvalue weighted by atomic mass is 10.1. The molecule has 0 bridgehead atoms. The van der Waals surface area contributed by atoms with Gasteiger partial charge < -0.3 is 5.73 Å². The van der Waals surface area contributed by atoms with E-state index in [2.05, 4.69) is 5.73 Å². The average molecular weight is 267 g/mol. The SMILES string of the molecule is CC(=CC(F)(F)C(F)(F)CC(F)(F)F)C(N)=O. The largest absolute Gasteiger partial charge is 0.395 e. The quantitative estimate of drug-likeness (QED) is 0.617. The summed E-state index contributed by atoms with van der Waals surface area (Å²) in [5.74, 6) is -11.9. The molecule has 2 N–H and O–H groups in total. The van der Waals surface area contributed by atoms with Crippen LogP contribution in [0, 0.1) is 0 Å². The van der Waals surface area contributed by atoms with Crippen molar-refractivity contribution < 1.29 is 35.5 Å². The first-order chi connectivity index (χ1) is 7.28. The summed E-state index contributed by atoms with van der Waals surface area (Å²) in [7, 11) is 0. The standard InChI is InChI=1S/C8H8F7NO/c1-4(5(16)17)2-6(9,10)7(11,12)3-8(13,14)15/h2H,3H2,1H3,(H2,16,17). The summed E-state index contributed by atoms with van der Waals surface area (Å²) in [4.78, 5) is 10.3. The second kappa shape index (κ2) is 4.53. The van der Waals surface area contributed by atoms with E-state index in [1.165, 1.54) is 0 Å². The molecule has 0 unspecified atom stereocenters. The predicted octanol–water partition coefficient (Wildman–Crippen LogP) is 2.64. The minimum atomic E-state index is -5.46. The third-order valence-corrected chi connectivity index (χ3v) is 1.70. The second-order valence-electron chi connectivity index (χ2n) is 3.31. The van der Waals surface area contributed by atoms with Crippen molar-refractivity contribution in [3.8, 4) is 0 Å². The summed E-state index contributed by atoms with van der Waals surface area (Å²) in [5.41, 5.74) is 3.56. The van der Waals surface area contributed by atoms with Crippen LogP contribution in [0.2, 0.25) is 0 Å². The van der Waals surface area contributed by atoms with Crippen LogP contribution in [0.1, 0.15) is 13.3 Å². The van der Waals surface area contributed by atoms with E-state index in [1.54, 1.807) is 0 Å². The van der Waals surface area contributed by atoms with Crippen molar-refractivity contribution in [2.24, 2.45) is 5.73 Å². The molecule has 0 fully saturated rings. The Labute approximate surface area is 91.3 Å². The summed E-state index contributed by atoms with van der Waals surface area (Å²) in [5, 5.41) is 0. The van der Waals surface area contributed by atoms with Crippen LogP contribution in [-0.2, 0) is 4.79 Å². The van der Waals surface area contributed by atoms with Gasteiger partial charge in [0.2, 0.25) is 5.91 Å². The summed E-state index contributed by atoms with van der Waals surface area (Å²) in [6.45, 7) is 0.694. The molecule has 1 amide bonds. The van der Waals surface area contributed by atoms with Gasteiger partial charge in [0.1, 0.15) is 6.42 Å². The first kappa shape index (κ1) is 15.7. The van der Waals surface area contributed by atoms with Crippen LogP contribution < -0.4 is 5.73 Å². The zero-order valence-electron chi connectivity index (χ0n) is 8.42. The number of alkyl halides is 7. The second-order valence-corrected chi connectivity index (χ2v) is 3.31. The number of primary amides is 1. The highest BCUT2D eigenvalue weighted by atomic mass is 19.4. The Morgan fingerprint density at radius 3 is 1.82 bits per heavy atom. The molecule has 17 heavy (non-hydrogen) atoms. The van der Waals surface area contributed by atoms with Gasteiger partial charge in [-0.25, -0.2) is 0 Å².